The maximum Gasteiger partial charge on any atom is 0.271 e. The van der Waals surface area contributed by atoms with Crippen LogP contribution in [0.25, 0.3) is 0 Å². The van der Waals surface area contributed by atoms with Gasteiger partial charge < -0.3 is 9.64 Å². The molecule has 8 heteroatoms. The lowest BCUT2D eigenvalue weighted by molar-refractivity contribution is -0.384. The van der Waals surface area contributed by atoms with Crippen LogP contribution in [-0.2, 0) is 4.74 Å². The molecular formula is C11H12Cl2N2O4. The predicted molar refractivity (Wildman–Crippen MR) is 72.0 cm³/mol. The highest BCUT2D eigenvalue weighted by Gasteiger charge is 2.21. The van der Waals surface area contributed by atoms with Crippen LogP contribution in [0.4, 0.5) is 5.69 Å². The Kier molecular flexibility index (Phi) is 5.53. The first kappa shape index (κ1) is 15.7. The number of hydrogen-bond acceptors (Lipinski definition) is 4. The quantitative estimate of drug-likeness (QED) is 0.619. The van der Waals surface area contributed by atoms with Crippen molar-refractivity contribution in [1.29, 1.82) is 0 Å². The van der Waals surface area contributed by atoms with E-state index in [-0.39, 0.29) is 21.3 Å². The van der Waals surface area contributed by atoms with E-state index in [1.807, 2.05) is 0 Å². The first-order chi connectivity index (χ1) is 8.88. The molecule has 0 aliphatic heterocycles. The fraction of sp³-hybridized carbons (Fsp3) is 0.364. The van der Waals surface area contributed by atoms with E-state index >= 15 is 0 Å². The molecule has 0 bridgehead atoms. The van der Waals surface area contributed by atoms with Crippen molar-refractivity contribution in [2.24, 2.45) is 0 Å². The zero-order valence-electron chi connectivity index (χ0n) is 10.4. The highest BCUT2D eigenvalue weighted by molar-refractivity contribution is 6.44. The summed E-state index contributed by atoms with van der Waals surface area (Å²) in [6, 6.07) is 2.22. The molecule has 1 aromatic rings. The van der Waals surface area contributed by atoms with E-state index in [0.717, 1.165) is 12.1 Å². The van der Waals surface area contributed by atoms with Gasteiger partial charge in [-0.3, -0.25) is 14.9 Å². The van der Waals surface area contributed by atoms with Crippen LogP contribution in [0.1, 0.15) is 10.4 Å². The lowest BCUT2D eigenvalue weighted by Crippen LogP contribution is -2.30. The molecule has 1 amide bonds. The summed E-state index contributed by atoms with van der Waals surface area (Å²) in [4.78, 5) is 23.6. The third-order valence-corrected chi connectivity index (χ3v) is 3.23. The standard InChI is InChI=1S/C11H12Cl2N2O4/c1-14(3-4-19-2)11(16)8-5-7(15(17)18)6-9(12)10(8)13/h5-6H,3-4H2,1-2H3. The highest BCUT2D eigenvalue weighted by Crippen LogP contribution is 2.31. The number of likely N-dealkylation sites (N-methyl/N-ethyl adjacent to an activating group) is 1. The molecule has 0 aliphatic carbocycles. The molecule has 0 saturated carbocycles. The molecule has 0 atom stereocenters. The number of benzene rings is 1. The molecule has 0 radical (unpaired) electrons. The van der Waals surface area contributed by atoms with Gasteiger partial charge in [-0.2, -0.15) is 0 Å². The van der Waals surface area contributed by atoms with Crippen LogP contribution in [0, 0.1) is 10.1 Å². The van der Waals surface area contributed by atoms with Gasteiger partial charge in [0, 0.05) is 32.8 Å². The second-order valence-corrected chi connectivity index (χ2v) is 4.55. The molecule has 0 saturated heterocycles. The largest absolute Gasteiger partial charge is 0.383 e. The van der Waals surface area contributed by atoms with Crippen LogP contribution in [0.3, 0.4) is 0 Å². The molecule has 6 nitrogen and oxygen atoms in total. The molecule has 19 heavy (non-hydrogen) atoms. The van der Waals surface area contributed by atoms with Gasteiger partial charge in [0.15, 0.2) is 0 Å². The number of nitro benzene ring substituents is 1. The lowest BCUT2D eigenvalue weighted by Gasteiger charge is -2.17. The van der Waals surface area contributed by atoms with E-state index in [1.54, 1.807) is 7.05 Å². The van der Waals surface area contributed by atoms with Crippen molar-refractivity contribution >= 4 is 34.8 Å². The molecule has 1 aromatic carbocycles. The Balaban J connectivity index is 3.11. The molecule has 0 heterocycles. The Morgan fingerprint density at radius 1 is 1.47 bits per heavy atom. The number of ether oxygens (including phenoxy) is 1. The molecule has 0 fully saturated rings. The molecular weight excluding hydrogens is 295 g/mol. The summed E-state index contributed by atoms with van der Waals surface area (Å²) in [5, 5.41) is 10.7. The van der Waals surface area contributed by atoms with Crippen molar-refractivity contribution in [3.8, 4) is 0 Å². The third kappa shape index (κ3) is 3.79. The minimum absolute atomic E-state index is 0.000491. The number of methoxy groups -OCH3 is 1. The Labute approximate surface area is 120 Å². The lowest BCUT2D eigenvalue weighted by atomic mass is 10.1. The van der Waals surface area contributed by atoms with Crippen molar-refractivity contribution in [2.75, 3.05) is 27.3 Å². The van der Waals surface area contributed by atoms with Crippen LogP contribution in [0.15, 0.2) is 12.1 Å². The third-order valence-electron chi connectivity index (χ3n) is 2.43. The molecule has 0 spiro atoms. The fourth-order valence-corrected chi connectivity index (χ4v) is 1.77. The molecule has 0 N–H and O–H groups in total. The van der Waals surface area contributed by atoms with Gasteiger partial charge in [0.05, 0.1) is 27.1 Å². The van der Waals surface area contributed by atoms with Gasteiger partial charge in [0.25, 0.3) is 11.6 Å². The average Bonchev–Trinajstić information content (AvgIpc) is 2.37. The molecule has 0 aromatic heterocycles. The molecule has 0 aliphatic rings. The summed E-state index contributed by atoms with van der Waals surface area (Å²) in [6.45, 7) is 0.689. The predicted octanol–water partition coefficient (Wildman–Crippen LogP) is 2.62. The van der Waals surface area contributed by atoms with E-state index in [9.17, 15) is 14.9 Å². The minimum Gasteiger partial charge on any atom is -0.383 e. The van der Waals surface area contributed by atoms with Crippen molar-refractivity contribution < 1.29 is 14.5 Å². The van der Waals surface area contributed by atoms with Crippen molar-refractivity contribution in [1.82, 2.24) is 4.90 Å². The van der Waals surface area contributed by atoms with Crippen LogP contribution in [0.2, 0.25) is 10.0 Å². The first-order valence-corrected chi connectivity index (χ1v) is 6.02. The van der Waals surface area contributed by atoms with Crippen molar-refractivity contribution in [2.45, 2.75) is 0 Å². The second-order valence-electron chi connectivity index (χ2n) is 3.77. The Hall–Kier alpha value is -1.37. The van der Waals surface area contributed by atoms with Crippen LogP contribution >= 0.6 is 23.2 Å². The summed E-state index contributed by atoms with van der Waals surface area (Å²) in [5.41, 5.74) is -0.280. The molecule has 1 rings (SSSR count). The topological polar surface area (TPSA) is 72.7 Å². The maximum atomic E-state index is 12.1. The monoisotopic (exact) mass is 306 g/mol. The summed E-state index contributed by atoms with van der Waals surface area (Å²) in [6.07, 6.45) is 0. The maximum absolute atomic E-state index is 12.1. The number of halogens is 2. The molecule has 104 valence electrons. The SMILES string of the molecule is COCCN(C)C(=O)c1cc([N+](=O)[O-])cc(Cl)c1Cl. The number of hydrogen-bond donors (Lipinski definition) is 0. The van der Waals surface area contributed by atoms with Crippen LogP contribution < -0.4 is 0 Å². The zero-order valence-corrected chi connectivity index (χ0v) is 11.9. The smallest absolute Gasteiger partial charge is 0.271 e. The summed E-state index contributed by atoms with van der Waals surface area (Å²) in [7, 11) is 3.06. The average molecular weight is 307 g/mol. The van der Waals surface area contributed by atoms with E-state index < -0.39 is 10.8 Å². The van der Waals surface area contributed by atoms with Crippen LogP contribution in [0.5, 0.6) is 0 Å². The number of carbonyl (C=O) groups is 1. The first-order valence-electron chi connectivity index (χ1n) is 5.26. The van der Waals surface area contributed by atoms with Gasteiger partial charge in [0.1, 0.15) is 0 Å². The fourth-order valence-electron chi connectivity index (χ4n) is 1.37. The highest BCUT2D eigenvalue weighted by atomic mass is 35.5. The minimum atomic E-state index is -0.631. The number of non-ortho nitro benzene ring substituents is 1. The van der Waals surface area contributed by atoms with Gasteiger partial charge in [-0.25, -0.2) is 0 Å². The number of carbonyl (C=O) groups excluding carboxylic acids is 1. The summed E-state index contributed by atoms with van der Waals surface area (Å²) >= 11 is 11.7. The number of nitro groups is 1. The number of amides is 1. The van der Waals surface area contributed by atoms with Gasteiger partial charge in [-0.05, 0) is 0 Å². The van der Waals surface area contributed by atoms with E-state index in [2.05, 4.69) is 0 Å². The van der Waals surface area contributed by atoms with Gasteiger partial charge >= 0.3 is 0 Å². The summed E-state index contributed by atoms with van der Waals surface area (Å²) in [5.74, 6) is -0.451. The summed E-state index contributed by atoms with van der Waals surface area (Å²) < 4.78 is 4.85. The van der Waals surface area contributed by atoms with E-state index in [0.29, 0.717) is 13.2 Å². The Morgan fingerprint density at radius 3 is 2.63 bits per heavy atom. The van der Waals surface area contributed by atoms with Gasteiger partial charge in [-0.1, -0.05) is 23.2 Å². The second kappa shape index (κ2) is 6.70. The van der Waals surface area contributed by atoms with Crippen molar-refractivity contribution in [3.05, 3.63) is 37.9 Å². The van der Waals surface area contributed by atoms with Gasteiger partial charge in [-0.15, -0.1) is 0 Å². The Bertz CT molecular complexity index is 508. The zero-order chi connectivity index (χ0) is 14.6. The Morgan fingerprint density at radius 2 is 2.11 bits per heavy atom. The number of nitrogens with zero attached hydrogens (tertiary/aromatic N) is 2. The van der Waals surface area contributed by atoms with Crippen molar-refractivity contribution in [3.63, 3.8) is 0 Å². The van der Waals surface area contributed by atoms with Gasteiger partial charge in [0.2, 0.25) is 0 Å². The van der Waals surface area contributed by atoms with Crippen LogP contribution in [-0.4, -0.2) is 43.0 Å². The number of rotatable bonds is 5. The van der Waals surface area contributed by atoms with E-state index in [4.69, 9.17) is 27.9 Å². The normalized spacial score (nSPS) is 10.3. The molecule has 0 unspecified atom stereocenters. The van der Waals surface area contributed by atoms with E-state index in [1.165, 1.54) is 12.0 Å².